The first-order valence-corrected chi connectivity index (χ1v) is 6.49. The van der Waals surface area contributed by atoms with Gasteiger partial charge in [-0.25, -0.2) is 0 Å². The van der Waals surface area contributed by atoms with E-state index in [0.717, 1.165) is 31.4 Å². The van der Waals surface area contributed by atoms with Crippen molar-refractivity contribution in [3.8, 4) is 0 Å². The number of aromatic nitrogens is 1. The molecule has 0 saturated heterocycles. The van der Waals surface area contributed by atoms with Crippen LogP contribution in [0.25, 0.3) is 0 Å². The smallest absolute Gasteiger partial charge is 0.253 e. The molecule has 0 spiro atoms. The van der Waals surface area contributed by atoms with E-state index < -0.39 is 5.54 Å². The van der Waals surface area contributed by atoms with Crippen molar-refractivity contribution in [1.29, 1.82) is 0 Å². The Morgan fingerprint density at radius 1 is 1.44 bits per heavy atom. The molecule has 1 fully saturated rings. The second-order valence-corrected chi connectivity index (χ2v) is 5.24. The molecule has 1 aromatic heterocycles. The van der Waals surface area contributed by atoms with Crippen LogP contribution in [0.15, 0.2) is 18.3 Å². The summed E-state index contributed by atoms with van der Waals surface area (Å²) in [6, 6.07) is 3.58. The molecule has 96 valence electrons. The first kappa shape index (κ1) is 13.0. The van der Waals surface area contributed by atoms with Crippen LogP contribution in [0, 0.1) is 6.92 Å². The van der Waals surface area contributed by atoms with Crippen LogP contribution in [0.5, 0.6) is 0 Å². The van der Waals surface area contributed by atoms with Crippen molar-refractivity contribution in [2.75, 3.05) is 0 Å². The topological polar surface area (TPSA) is 68.0 Å². The fourth-order valence-corrected chi connectivity index (χ4v) is 2.56. The fraction of sp³-hybridized carbons (Fsp3) is 0.462. The van der Waals surface area contributed by atoms with Crippen molar-refractivity contribution >= 4 is 23.1 Å². The molecule has 4 nitrogen and oxygen atoms in total. The summed E-state index contributed by atoms with van der Waals surface area (Å²) >= 11 is 5.10. The lowest BCUT2D eigenvalue weighted by molar-refractivity contribution is 0.0924. The lowest BCUT2D eigenvalue weighted by Gasteiger charge is -2.29. The van der Waals surface area contributed by atoms with Gasteiger partial charge in [0.2, 0.25) is 0 Å². The highest BCUT2D eigenvalue weighted by Gasteiger charge is 2.38. The van der Waals surface area contributed by atoms with E-state index in [1.807, 2.05) is 13.0 Å². The molecule has 2 rings (SSSR count). The Kier molecular flexibility index (Phi) is 3.61. The van der Waals surface area contributed by atoms with Crippen LogP contribution in [0.3, 0.4) is 0 Å². The van der Waals surface area contributed by atoms with Crippen LogP contribution in [-0.2, 0) is 0 Å². The van der Waals surface area contributed by atoms with Gasteiger partial charge in [-0.05, 0) is 31.9 Å². The van der Waals surface area contributed by atoms with E-state index in [4.69, 9.17) is 18.0 Å². The van der Waals surface area contributed by atoms with E-state index in [1.165, 1.54) is 0 Å². The Bertz CT molecular complexity index is 464. The molecular weight excluding hydrogens is 246 g/mol. The minimum absolute atomic E-state index is 0.155. The number of carbonyl (C=O) groups is 1. The predicted octanol–water partition coefficient (Wildman–Crippen LogP) is 1.72. The number of amides is 1. The second-order valence-electron chi connectivity index (χ2n) is 4.80. The van der Waals surface area contributed by atoms with E-state index in [2.05, 4.69) is 10.3 Å². The summed E-state index contributed by atoms with van der Waals surface area (Å²) in [7, 11) is 0. The zero-order valence-electron chi connectivity index (χ0n) is 10.4. The standard InChI is InChI=1S/C13H17N3OS/c1-9-4-5-10(8-15-9)11(17)16-13(12(14)18)6-2-3-7-13/h4-5,8H,2-3,6-7H2,1H3,(H2,14,18)(H,16,17). The molecule has 0 aliphatic heterocycles. The first-order valence-electron chi connectivity index (χ1n) is 6.09. The number of nitrogens with zero attached hydrogens (tertiary/aromatic N) is 1. The maximum Gasteiger partial charge on any atom is 0.253 e. The normalized spacial score (nSPS) is 17.4. The van der Waals surface area contributed by atoms with Gasteiger partial charge in [-0.3, -0.25) is 9.78 Å². The maximum absolute atomic E-state index is 12.2. The summed E-state index contributed by atoms with van der Waals surface area (Å²) in [4.78, 5) is 16.7. The van der Waals surface area contributed by atoms with Crippen LogP contribution in [0.4, 0.5) is 0 Å². The summed E-state index contributed by atoms with van der Waals surface area (Å²) < 4.78 is 0. The molecule has 5 heteroatoms. The SMILES string of the molecule is Cc1ccc(C(=O)NC2(C(N)=S)CCCC2)cn1. The van der Waals surface area contributed by atoms with Crippen molar-refractivity contribution < 1.29 is 4.79 Å². The summed E-state index contributed by atoms with van der Waals surface area (Å²) in [6.07, 6.45) is 5.32. The van der Waals surface area contributed by atoms with Crippen LogP contribution < -0.4 is 11.1 Å². The highest BCUT2D eigenvalue weighted by molar-refractivity contribution is 7.80. The Morgan fingerprint density at radius 3 is 2.61 bits per heavy atom. The lowest BCUT2D eigenvalue weighted by Crippen LogP contribution is -2.54. The number of carbonyl (C=O) groups excluding carboxylic acids is 1. The van der Waals surface area contributed by atoms with Crippen LogP contribution in [-0.4, -0.2) is 21.4 Å². The van der Waals surface area contributed by atoms with Crippen molar-refractivity contribution in [2.24, 2.45) is 5.73 Å². The third-order valence-corrected chi connectivity index (χ3v) is 3.85. The molecule has 0 aromatic carbocycles. The Balaban J connectivity index is 2.15. The first-order chi connectivity index (χ1) is 8.53. The van der Waals surface area contributed by atoms with E-state index >= 15 is 0 Å². The van der Waals surface area contributed by atoms with E-state index in [9.17, 15) is 4.79 Å². The molecule has 1 aliphatic rings. The van der Waals surface area contributed by atoms with Crippen LogP contribution in [0.2, 0.25) is 0 Å². The predicted molar refractivity (Wildman–Crippen MR) is 74.4 cm³/mol. The minimum atomic E-state index is -0.503. The van der Waals surface area contributed by atoms with E-state index in [0.29, 0.717) is 10.6 Å². The summed E-state index contributed by atoms with van der Waals surface area (Å²) in [5.74, 6) is -0.155. The average Bonchev–Trinajstić information content (AvgIpc) is 2.79. The largest absolute Gasteiger partial charge is 0.391 e. The number of hydrogen-bond acceptors (Lipinski definition) is 3. The quantitative estimate of drug-likeness (QED) is 0.815. The number of aryl methyl sites for hydroxylation is 1. The zero-order chi connectivity index (χ0) is 13.2. The van der Waals surface area contributed by atoms with E-state index in [1.54, 1.807) is 12.3 Å². The molecule has 1 aliphatic carbocycles. The number of rotatable bonds is 3. The van der Waals surface area contributed by atoms with Gasteiger partial charge in [0.1, 0.15) is 0 Å². The van der Waals surface area contributed by atoms with Gasteiger partial charge < -0.3 is 11.1 Å². The monoisotopic (exact) mass is 263 g/mol. The van der Waals surface area contributed by atoms with Crippen molar-refractivity contribution in [1.82, 2.24) is 10.3 Å². The maximum atomic E-state index is 12.2. The van der Waals surface area contributed by atoms with Gasteiger partial charge in [0, 0.05) is 11.9 Å². The van der Waals surface area contributed by atoms with Crippen LogP contribution >= 0.6 is 12.2 Å². The van der Waals surface area contributed by atoms with Gasteiger partial charge in [-0.15, -0.1) is 0 Å². The highest BCUT2D eigenvalue weighted by Crippen LogP contribution is 2.30. The average molecular weight is 263 g/mol. The Morgan fingerprint density at radius 2 is 2.11 bits per heavy atom. The van der Waals surface area contributed by atoms with Gasteiger partial charge in [0.25, 0.3) is 5.91 Å². The molecule has 0 bridgehead atoms. The fourth-order valence-electron chi connectivity index (χ4n) is 2.30. The zero-order valence-corrected chi connectivity index (χ0v) is 11.2. The van der Waals surface area contributed by atoms with Crippen molar-refractivity contribution in [3.63, 3.8) is 0 Å². The number of thiocarbonyl (C=S) groups is 1. The van der Waals surface area contributed by atoms with Gasteiger partial charge >= 0.3 is 0 Å². The highest BCUT2D eigenvalue weighted by atomic mass is 32.1. The summed E-state index contributed by atoms with van der Waals surface area (Å²) in [6.45, 7) is 1.88. The van der Waals surface area contributed by atoms with Crippen LogP contribution in [0.1, 0.15) is 41.7 Å². The molecule has 18 heavy (non-hydrogen) atoms. The van der Waals surface area contributed by atoms with Gasteiger partial charge in [0.15, 0.2) is 0 Å². The summed E-state index contributed by atoms with van der Waals surface area (Å²) in [5, 5.41) is 2.98. The second kappa shape index (κ2) is 5.02. The lowest BCUT2D eigenvalue weighted by atomic mass is 9.97. The van der Waals surface area contributed by atoms with Gasteiger partial charge in [-0.1, -0.05) is 25.1 Å². The minimum Gasteiger partial charge on any atom is -0.391 e. The molecule has 1 aromatic rings. The molecule has 0 atom stereocenters. The third-order valence-electron chi connectivity index (χ3n) is 3.46. The van der Waals surface area contributed by atoms with Gasteiger partial charge in [0.05, 0.1) is 16.1 Å². The van der Waals surface area contributed by atoms with Gasteiger partial charge in [-0.2, -0.15) is 0 Å². The van der Waals surface area contributed by atoms with E-state index in [-0.39, 0.29) is 5.91 Å². The molecule has 1 saturated carbocycles. The number of pyridine rings is 1. The molecule has 1 heterocycles. The summed E-state index contributed by atoms with van der Waals surface area (Å²) in [5.41, 5.74) is 6.71. The number of nitrogens with two attached hydrogens (primary N) is 1. The molecule has 3 N–H and O–H groups in total. The number of nitrogens with one attached hydrogen (secondary N) is 1. The van der Waals surface area contributed by atoms with Crippen molar-refractivity contribution in [2.45, 2.75) is 38.1 Å². The third kappa shape index (κ3) is 2.51. The molecule has 0 unspecified atom stereocenters. The molecule has 0 radical (unpaired) electrons. The van der Waals surface area contributed by atoms with Crippen molar-refractivity contribution in [3.05, 3.63) is 29.6 Å². The number of hydrogen-bond donors (Lipinski definition) is 2. The molecule has 1 amide bonds. The Labute approximate surface area is 112 Å². The molecular formula is C13H17N3OS. The Hall–Kier alpha value is -1.49.